The fourth-order valence-corrected chi connectivity index (χ4v) is 2.62. The van der Waals surface area contributed by atoms with Crippen LogP contribution in [0, 0.1) is 10.1 Å². The third-order valence-corrected chi connectivity index (χ3v) is 3.66. The summed E-state index contributed by atoms with van der Waals surface area (Å²) in [5, 5.41) is 12.0. The lowest BCUT2D eigenvalue weighted by atomic mass is 10.2. The summed E-state index contributed by atoms with van der Waals surface area (Å²) in [7, 11) is 1.50. The highest BCUT2D eigenvalue weighted by Crippen LogP contribution is 2.34. The van der Waals surface area contributed by atoms with E-state index < -0.39 is 28.3 Å². The van der Waals surface area contributed by atoms with Crippen molar-refractivity contribution in [2.24, 2.45) is 0 Å². The SMILES string of the molecule is CCOC(=O)c1cc2cc(OCCOC)cc([N+](=O)[O-])c2n1C(=O)OC(C)(C)C. The predicted molar refractivity (Wildman–Crippen MR) is 104 cm³/mol. The molecular formula is C19H24N2O8. The monoisotopic (exact) mass is 408 g/mol. The highest BCUT2D eigenvalue weighted by molar-refractivity contribution is 6.05. The Bertz CT molecular complexity index is 926. The predicted octanol–water partition coefficient (Wildman–Crippen LogP) is 3.53. The van der Waals surface area contributed by atoms with Crippen LogP contribution in [0.1, 0.15) is 38.2 Å². The molecule has 0 aliphatic rings. The van der Waals surface area contributed by atoms with E-state index in [4.69, 9.17) is 18.9 Å². The molecule has 0 amide bonds. The number of aromatic nitrogens is 1. The van der Waals surface area contributed by atoms with E-state index in [9.17, 15) is 19.7 Å². The van der Waals surface area contributed by atoms with Crippen LogP contribution in [0.3, 0.4) is 0 Å². The summed E-state index contributed by atoms with van der Waals surface area (Å²) >= 11 is 0. The van der Waals surface area contributed by atoms with Gasteiger partial charge in [0.05, 0.1) is 24.2 Å². The average molecular weight is 408 g/mol. The van der Waals surface area contributed by atoms with Crippen LogP contribution in [0.15, 0.2) is 18.2 Å². The van der Waals surface area contributed by atoms with E-state index in [0.717, 1.165) is 4.57 Å². The maximum absolute atomic E-state index is 12.8. The topological polar surface area (TPSA) is 119 Å². The standard InChI is InChI=1S/C19H24N2O8/c1-6-27-17(22)15-10-12-9-13(28-8-7-26-5)11-14(21(24)25)16(12)20(15)18(23)29-19(2,3)4/h9-11H,6-8H2,1-5H3. The van der Waals surface area contributed by atoms with Crippen molar-refractivity contribution in [1.82, 2.24) is 4.57 Å². The molecule has 0 bridgehead atoms. The molecule has 0 N–H and O–H groups in total. The smallest absolute Gasteiger partial charge is 0.419 e. The average Bonchev–Trinajstić information content (AvgIpc) is 2.99. The Morgan fingerprint density at radius 2 is 1.86 bits per heavy atom. The number of carbonyl (C=O) groups is 2. The molecule has 0 fully saturated rings. The normalized spacial score (nSPS) is 11.3. The van der Waals surface area contributed by atoms with E-state index >= 15 is 0 Å². The van der Waals surface area contributed by atoms with Gasteiger partial charge in [0.2, 0.25) is 0 Å². The molecule has 0 atom stereocenters. The van der Waals surface area contributed by atoms with Gasteiger partial charge in [-0.1, -0.05) is 0 Å². The third kappa shape index (κ3) is 5.23. The Kier molecular flexibility index (Phi) is 6.80. The minimum absolute atomic E-state index is 0.0716. The minimum Gasteiger partial charge on any atom is -0.491 e. The summed E-state index contributed by atoms with van der Waals surface area (Å²) in [6.45, 7) is 7.10. The first-order chi connectivity index (χ1) is 13.6. The van der Waals surface area contributed by atoms with E-state index in [0.29, 0.717) is 6.61 Å². The zero-order valence-electron chi connectivity index (χ0n) is 17.0. The van der Waals surface area contributed by atoms with Gasteiger partial charge in [-0.05, 0) is 39.8 Å². The molecule has 29 heavy (non-hydrogen) atoms. The number of non-ortho nitro benzene ring substituents is 1. The second-order valence-electron chi connectivity index (χ2n) is 7.04. The number of hydrogen-bond donors (Lipinski definition) is 0. The van der Waals surface area contributed by atoms with Crippen LogP contribution in [0.4, 0.5) is 10.5 Å². The number of hydrogen-bond acceptors (Lipinski definition) is 8. The van der Waals surface area contributed by atoms with Gasteiger partial charge in [-0.2, -0.15) is 0 Å². The van der Waals surface area contributed by atoms with Crippen LogP contribution in [-0.4, -0.2) is 54.1 Å². The summed E-state index contributed by atoms with van der Waals surface area (Å²) in [6, 6.07) is 4.03. The molecule has 2 aromatic rings. The molecule has 1 aromatic carbocycles. The lowest BCUT2D eigenvalue weighted by Crippen LogP contribution is -2.29. The van der Waals surface area contributed by atoms with Crippen molar-refractivity contribution in [3.63, 3.8) is 0 Å². The molecule has 1 aromatic heterocycles. The Morgan fingerprint density at radius 3 is 2.41 bits per heavy atom. The molecule has 158 valence electrons. The van der Waals surface area contributed by atoms with Gasteiger partial charge in [0.1, 0.15) is 29.2 Å². The zero-order chi connectivity index (χ0) is 21.8. The summed E-state index contributed by atoms with van der Waals surface area (Å²) in [5.41, 5.74) is -1.53. The largest absolute Gasteiger partial charge is 0.491 e. The fraction of sp³-hybridized carbons (Fsp3) is 0.474. The number of nitrogens with zero attached hydrogens (tertiary/aromatic N) is 2. The van der Waals surface area contributed by atoms with E-state index in [1.165, 1.54) is 25.3 Å². The summed E-state index contributed by atoms with van der Waals surface area (Å²) in [5.74, 6) is -0.594. The number of benzene rings is 1. The molecule has 0 saturated carbocycles. The second-order valence-corrected chi connectivity index (χ2v) is 7.04. The van der Waals surface area contributed by atoms with Gasteiger partial charge in [-0.15, -0.1) is 0 Å². The number of nitro groups is 1. The Labute approximate surface area is 167 Å². The molecule has 0 saturated heterocycles. The maximum Gasteiger partial charge on any atom is 0.419 e. The van der Waals surface area contributed by atoms with Gasteiger partial charge in [-0.25, -0.2) is 14.2 Å². The fourth-order valence-electron chi connectivity index (χ4n) is 2.62. The summed E-state index contributed by atoms with van der Waals surface area (Å²) in [4.78, 5) is 36.3. The Morgan fingerprint density at radius 1 is 1.17 bits per heavy atom. The molecule has 1 heterocycles. The molecular weight excluding hydrogens is 384 g/mol. The summed E-state index contributed by atoms with van der Waals surface area (Å²) in [6.07, 6.45) is -0.924. The van der Waals surface area contributed by atoms with Gasteiger partial charge in [0.15, 0.2) is 0 Å². The van der Waals surface area contributed by atoms with Gasteiger partial charge < -0.3 is 18.9 Å². The van der Waals surface area contributed by atoms with Crippen LogP contribution >= 0.6 is 0 Å². The second kappa shape index (κ2) is 8.91. The molecule has 0 spiro atoms. The minimum atomic E-state index is -0.924. The first-order valence-electron chi connectivity index (χ1n) is 8.95. The van der Waals surface area contributed by atoms with E-state index in [2.05, 4.69) is 0 Å². The van der Waals surface area contributed by atoms with Gasteiger partial charge in [-0.3, -0.25) is 10.1 Å². The lowest BCUT2D eigenvalue weighted by Gasteiger charge is -2.20. The van der Waals surface area contributed by atoms with Crippen molar-refractivity contribution in [1.29, 1.82) is 0 Å². The van der Waals surface area contributed by atoms with Gasteiger partial charge in [0, 0.05) is 12.5 Å². The van der Waals surface area contributed by atoms with E-state index in [-0.39, 0.29) is 35.6 Å². The number of nitro benzene ring substituents is 1. The van der Waals surface area contributed by atoms with E-state index in [1.54, 1.807) is 27.7 Å². The molecule has 10 heteroatoms. The molecule has 0 radical (unpaired) electrons. The van der Waals surface area contributed by atoms with Crippen molar-refractivity contribution < 1.29 is 33.5 Å². The first kappa shape index (κ1) is 22.2. The van der Waals surface area contributed by atoms with Gasteiger partial charge in [0.25, 0.3) is 5.69 Å². The summed E-state index contributed by atoms with van der Waals surface area (Å²) < 4.78 is 21.6. The van der Waals surface area contributed by atoms with Crippen molar-refractivity contribution in [3.05, 3.63) is 34.0 Å². The number of rotatable bonds is 7. The Hall–Kier alpha value is -3.14. The number of ether oxygens (including phenoxy) is 4. The van der Waals surface area contributed by atoms with Crippen LogP contribution in [-0.2, 0) is 14.2 Å². The van der Waals surface area contributed by atoms with E-state index in [1.807, 2.05) is 0 Å². The number of carbonyl (C=O) groups excluding carboxylic acids is 2. The highest BCUT2D eigenvalue weighted by Gasteiger charge is 2.30. The zero-order valence-corrected chi connectivity index (χ0v) is 17.0. The van der Waals surface area contributed by atoms with Crippen LogP contribution in [0.5, 0.6) is 5.75 Å². The third-order valence-electron chi connectivity index (χ3n) is 3.66. The lowest BCUT2D eigenvalue weighted by molar-refractivity contribution is -0.383. The number of methoxy groups -OCH3 is 1. The number of esters is 1. The Balaban J connectivity index is 2.71. The van der Waals surface area contributed by atoms with Crippen molar-refractivity contribution in [2.45, 2.75) is 33.3 Å². The van der Waals surface area contributed by atoms with Crippen molar-refractivity contribution in [2.75, 3.05) is 26.9 Å². The molecule has 2 rings (SSSR count). The molecule has 0 aliphatic heterocycles. The maximum atomic E-state index is 12.8. The molecule has 0 aliphatic carbocycles. The molecule has 10 nitrogen and oxygen atoms in total. The number of fused-ring (bicyclic) bond motifs is 1. The van der Waals surface area contributed by atoms with Gasteiger partial charge >= 0.3 is 12.1 Å². The van der Waals surface area contributed by atoms with Crippen LogP contribution in [0.25, 0.3) is 10.9 Å². The van der Waals surface area contributed by atoms with Crippen LogP contribution < -0.4 is 4.74 Å². The first-order valence-corrected chi connectivity index (χ1v) is 8.95. The quantitative estimate of drug-likeness (QED) is 0.295. The molecule has 0 unspecified atom stereocenters. The van der Waals surface area contributed by atoms with Crippen LogP contribution in [0.2, 0.25) is 0 Å². The van der Waals surface area contributed by atoms with Crippen molar-refractivity contribution in [3.8, 4) is 5.75 Å². The van der Waals surface area contributed by atoms with Crippen molar-refractivity contribution >= 4 is 28.7 Å². The highest BCUT2D eigenvalue weighted by atomic mass is 16.6.